The van der Waals surface area contributed by atoms with E-state index >= 15 is 0 Å². The highest BCUT2D eigenvalue weighted by Gasteiger charge is 2.13. The maximum atomic E-state index is 11.3. The summed E-state index contributed by atoms with van der Waals surface area (Å²) in [5.41, 5.74) is 0. The Morgan fingerprint density at radius 3 is 2.67 bits per heavy atom. The number of nitrogens with one attached hydrogen (secondary N) is 1. The van der Waals surface area contributed by atoms with Crippen molar-refractivity contribution in [1.82, 2.24) is 15.3 Å². The summed E-state index contributed by atoms with van der Waals surface area (Å²) in [6, 6.07) is 0.361. The van der Waals surface area contributed by atoms with Gasteiger partial charge in [0.25, 0.3) is 0 Å². The lowest BCUT2D eigenvalue weighted by molar-refractivity contribution is 0.116. The van der Waals surface area contributed by atoms with Crippen LogP contribution in [0.2, 0.25) is 0 Å². The summed E-state index contributed by atoms with van der Waals surface area (Å²) in [6.45, 7) is 3.53. The smallest absolute Gasteiger partial charge is 0.341 e. The average Bonchev–Trinajstić information content (AvgIpc) is 2.17. The van der Waals surface area contributed by atoms with Gasteiger partial charge in [0.15, 0.2) is 14.9 Å². The molecule has 9 heteroatoms. The SMILES string of the molecule is CC(C)NC(=O)N=c1cnn(O)c(S(C)(=O)=O)c1. The maximum absolute atomic E-state index is 11.3. The lowest BCUT2D eigenvalue weighted by Gasteiger charge is -2.04. The van der Waals surface area contributed by atoms with Gasteiger partial charge in [0.1, 0.15) is 0 Å². The van der Waals surface area contributed by atoms with Crippen LogP contribution in [0, 0.1) is 0 Å². The number of carbonyl (C=O) groups excluding carboxylic acids is 1. The topological polar surface area (TPSA) is 114 Å². The number of urea groups is 1. The molecule has 1 heterocycles. The molecule has 0 fully saturated rings. The van der Waals surface area contributed by atoms with E-state index in [2.05, 4.69) is 15.4 Å². The number of amides is 2. The van der Waals surface area contributed by atoms with Crippen molar-refractivity contribution in [2.45, 2.75) is 24.9 Å². The molecule has 0 bridgehead atoms. The number of aromatic nitrogens is 2. The molecule has 0 saturated carbocycles. The number of nitrogens with zero attached hydrogens (tertiary/aromatic N) is 3. The van der Waals surface area contributed by atoms with Crippen LogP contribution in [-0.4, -0.2) is 41.9 Å². The third-order valence-corrected chi connectivity index (χ3v) is 2.83. The quantitative estimate of drug-likeness (QED) is 0.708. The van der Waals surface area contributed by atoms with Crippen molar-refractivity contribution in [2.24, 2.45) is 4.99 Å². The van der Waals surface area contributed by atoms with E-state index in [-0.39, 0.29) is 16.2 Å². The van der Waals surface area contributed by atoms with Gasteiger partial charge in [-0.05, 0) is 13.8 Å². The summed E-state index contributed by atoms with van der Waals surface area (Å²) in [6.07, 6.45) is 1.99. The second-order valence-corrected chi connectivity index (χ2v) is 5.89. The highest BCUT2D eigenvalue weighted by molar-refractivity contribution is 7.90. The normalized spacial score (nSPS) is 12.8. The van der Waals surface area contributed by atoms with Gasteiger partial charge < -0.3 is 10.5 Å². The lowest BCUT2D eigenvalue weighted by Crippen LogP contribution is -2.29. The van der Waals surface area contributed by atoms with Crippen LogP contribution in [0.25, 0.3) is 0 Å². The largest absolute Gasteiger partial charge is 0.411 e. The Hall–Kier alpha value is -1.90. The van der Waals surface area contributed by atoms with Gasteiger partial charge >= 0.3 is 6.03 Å². The monoisotopic (exact) mass is 274 g/mol. The minimum Gasteiger partial charge on any atom is -0.411 e. The summed E-state index contributed by atoms with van der Waals surface area (Å²) in [5, 5.41) is 14.7. The first-order valence-electron chi connectivity index (χ1n) is 5.04. The molecule has 0 radical (unpaired) electrons. The number of carbonyl (C=O) groups is 1. The van der Waals surface area contributed by atoms with Crippen LogP contribution in [0.1, 0.15) is 13.8 Å². The molecule has 100 valence electrons. The molecular weight excluding hydrogens is 260 g/mol. The third-order valence-electron chi connectivity index (χ3n) is 1.79. The van der Waals surface area contributed by atoms with E-state index < -0.39 is 20.9 Å². The average molecular weight is 274 g/mol. The Labute approximate surface area is 104 Å². The van der Waals surface area contributed by atoms with Crippen molar-refractivity contribution < 1.29 is 18.4 Å². The number of sulfone groups is 1. The Bertz CT molecular complexity index is 618. The summed E-state index contributed by atoms with van der Waals surface area (Å²) in [5.74, 6) is 0. The molecule has 0 aliphatic carbocycles. The fourth-order valence-corrected chi connectivity index (χ4v) is 1.78. The molecule has 0 aliphatic rings. The molecular formula is C9H14N4O4S. The summed E-state index contributed by atoms with van der Waals surface area (Å²) in [7, 11) is -3.66. The second-order valence-electron chi connectivity index (χ2n) is 3.93. The van der Waals surface area contributed by atoms with Gasteiger partial charge in [0, 0.05) is 18.4 Å². The van der Waals surface area contributed by atoms with E-state index in [1.54, 1.807) is 13.8 Å². The Morgan fingerprint density at radius 2 is 2.17 bits per heavy atom. The minimum atomic E-state index is -3.66. The molecule has 0 atom stereocenters. The summed E-state index contributed by atoms with van der Waals surface area (Å²) in [4.78, 5) is 15.2. The molecule has 1 aromatic heterocycles. The van der Waals surface area contributed by atoms with Crippen molar-refractivity contribution in [3.8, 4) is 0 Å². The fourth-order valence-electron chi connectivity index (χ4n) is 1.11. The van der Waals surface area contributed by atoms with Crippen LogP contribution in [0.4, 0.5) is 4.79 Å². The molecule has 2 N–H and O–H groups in total. The van der Waals surface area contributed by atoms with Crippen LogP contribution < -0.4 is 10.7 Å². The van der Waals surface area contributed by atoms with Crippen molar-refractivity contribution in [1.29, 1.82) is 0 Å². The molecule has 8 nitrogen and oxygen atoms in total. The van der Waals surface area contributed by atoms with Gasteiger partial charge in [0.2, 0.25) is 0 Å². The lowest BCUT2D eigenvalue weighted by atomic mass is 10.4. The highest BCUT2D eigenvalue weighted by atomic mass is 32.2. The molecule has 18 heavy (non-hydrogen) atoms. The van der Waals surface area contributed by atoms with Gasteiger partial charge in [0.05, 0.1) is 11.6 Å². The zero-order valence-corrected chi connectivity index (χ0v) is 11.0. The van der Waals surface area contributed by atoms with E-state index in [1.165, 1.54) is 0 Å². The van der Waals surface area contributed by atoms with Crippen LogP contribution in [0.3, 0.4) is 0 Å². The number of rotatable bonds is 2. The molecule has 0 aliphatic heterocycles. The molecule has 1 aromatic rings. The Kier molecular flexibility index (Phi) is 4.07. The molecule has 0 saturated heterocycles. The Balaban J connectivity index is 3.21. The van der Waals surface area contributed by atoms with E-state index in [4.69, 9.17) is 0 Å². The van der Waals surface area contributed by atoms with Crippen LogP contribution in [0.5, 0.6) is 0 Å². The zero-order valence-electron chi connectivity index (χ0n) is 10.2. The number of hydrogen-bond donors (Lipinski definition) is 2. The first-order chi connectivity index (χ1) is 8.20. The van der Waals surface area contributed by atoms with E-state index in [9.17, 15) is 18.4 Å². The van der Waals surface area contributed by atoms with Crippen molar-refractivity contribution in [2.75, 3.05) is 6.26 Å². The van der Waals surface area contributed by atoms with Crippen LogP contribution >= 0.6 is 0 Å². The molecule has 0 spiro atoms. The summed E-state index contributed by atoms with van der Waals surface area (Å²) < 4.78 is 22.6. The molecule has 2 amide bonds. The first kappa shape index (κ1) is 14.2. The second kappa shape index (κ2) is 5.17. The van der Waals surface area contributed by atoms with Gasteiger partial charge in [-0.15, -0.1) is 5.10 Å². The zero-order chi connectivity index (χ0) is 13.9. The summed E-state index contributed by atoms with van der Waals surface area (Å²) >= 11 is 0. The van der Waals surface area contributed by atoms with Crippen molar-refractivity contribution in [3.63, 3.8) is 0 Å². The molecule has 0 aromatic carbocycles. The van der Waals surface area contributed by atoms with E-state index in [0.29, 0.717) is 0 Å². The third kappa shape index (κ3) is 3.84. The van der Waals surface area contributed by atoms with Gasteiger partial charge in [-0.2, -0.15) is 4.99 Å². The Morgan fingerprint density at radius 1 is 1.56 bits per heavy atom. The predicted octanol–water partition coefficient (Wildman–Crippen LogP) is -0.457. The fraction of sp³-hybridized carbons (Fsp3) is 0.444. The first-order valence-corrected chi connectivity index (χ1v) is 6.93. The van der Waals surface area contributed by atoms with Crippen molar-refractivity contribution >= 4 is 15.9 Å². The van der Waals surface area contributed by atoms with Crippen molar-refractivity contribution in [3.05, 3.63) is 17.6 Å². The molecule has 1 rings (SSSR count). The minimum absolute atomic E-state index is 0.0406. The highest BCUT2D eigenvalue weighted by Crippen LogP contribution is 2.01. The predicted molar refractivity (Wildman–Crippen MR) is 61.8 cm³/mol. The van der Waals surface area contributed by atoms with Gasteiger partial charge in [-0.1, -0.05) is 4.85 Å². The van der Waals surface area contributed by atoms with Gasteiger partial charge in [-0.25, -0.2) is 13.2 Å². The standard InChI is InChI=1S/C9H14N4O4S/c1-6(2)11-9(14)12-7-4-8(18(3,16)17)13(15)10-5-7/h4-6,15H,1-3H3,(H,11,14). The maximum Gasteiger partial charge on any atom is 0.341 e. The van der Waals surface area contributed by atoms with Crippen LogP contribution in [-0.2, 0) is 9.84 Å². The number of hydrogen-bond acceptors (Lipinski definition) is 5. The molecule has 0 unspecified atom stereocenters. The van der Waals surface area contributed by atoms with E-state index in [1.807, 2.05) is 0 Å². The van der Waals surface area contributed by atoms with Crippen LogP contribution in [0.15, 0.2) is 22.3 Å². The van der Waals surface area contributed by atoms with Gasteiger partial charge in [-0.3, -0.25) is 0 Å². The van der Waals surface area contributed by atoms with E-state index in [0.717, 1.165) is 18.5 Å².